The zero-order valence-electron chi connectivity index (χ0n) is 19.5. The number of carbonyl (C=O) groups is 2. The molecule has 2 atom stereocenters. The summed E-state index contributed by atoms with van der Waals surface area (Å²) in [7, 11) is 1.46. The van der Waals surface area contributed by atoms with Crippen LogP contribution in [0.25, 0.3) is 0 Å². The first-order valence-corrected chi connectivity index (χ1v) is 11.0. The van der Waals surface area contributed by atoms with E-state index in [9.17, 15) is 19.8 Å². The fourth-order valence-corrected chi connectivity index (χ4v) is 4.20. The van der Waals surface area contributed by atoms with Gasteiger partial charge in [0.25, 0.3) is 0 Å². The first-order chi connectivity index (χ1) is 14.2. The summed E-state index contributed by atoms with van der Waals surface area (Å²) in [6.45, 7) is 12.6. The number of rotatable bonds is 8. The molecule has 0 heterocycles. The molecular weight excluding hydrogens is 443 g/mol. The van der Waals surface area contributed by atoms with Crippen LogP contribution in [0.15, 0.2) is 6.07 Å². The van der Waals surface area contributed by atoms with Gasteiger partial charge < -0.3 is 19.8 Å². The molecule has 2 unspecified atom stereocenters. The third kappa shape index (κ3) is 6.18. The molecule has 9 heteroatoms. The van der Waals surface area contributed by atoms with Gasteiger partial charge in [-0.25, -0.2) is 4.79 Å². The Morgan fingerprint density at radius 2 is 1.77 bits per heavy atom. The van der Waals surface area contributed by atoms with Crippen LogP contribution in [0.1, 0.15) is 70.4 Å². The lowest BCUT2D eigenvalue weighted by atomic mass is 9.92. The molecular formula is C22H34Cl2N2O5. The highest BCUT2D eigenvalue weighted by Crippen LogP contribution is 2.42. The highest BCUT2D eigenvalue weighted by Gasteiger charge is 2.35. The Morgan fingerprint density at radius 3 is 2.16 bits per heavy atom. The maximum Gasteiger partial charge on any atom is 0.408 e. The van der Waals surface area contributed by atoms with Crippen molar-refractivity contribution in [1.82, 2.24) is 9.80 Å². The maximum atomic E-state index is 12.2. The van der Waals surface area contributed by atoms with Gasteiger partial charge in [-0.15, -0.1) is 11.6 Å². The number of carboxylic acid groups (broad SMARTS) is 1. The van der Waals surface area contributed by atoms with Crippen LogP contribution in [-0.2, 0) is 4.79 Å². The van der Waals surface area contributed by atoms with Crippen molar-refractivity contribution in [3.8, 4) is 5.75 Å². The lowest BCUT2D eigenvalue weighted by molar-refractivity contribution is -0.131. The minimum atomic E-state index is -1.11. The van der Waals surface area contributed by atoms with Crippen LogP contribution in [0.3, 0.4) is 0 Å². The lowest BCUT2D eigenvalue weighted by Gasteiger charge is -2.39. The van der Waals surface area contributed by atoms with E-state index in [-0.39, 0.29) is 24.4 Å². The fraction of sp³-hybridized carbons (Fsp3) is 0.636. The Kier molecular flexibility index (Phi) is 9.48. The average molecular weight is 477 g/mol. The van der Waals surface area contributed by atoms with Crippen LogP contribution in [0.4, 0.5) is 4.79 Å². The summed E-state index contributed by atoms with van der Waals surface area (Å²) < 4.78 is 5.66. The number of carbonyl (C=O) groups excluding carboxylic acids is 1. The first-order valence-electron chi connectivity index (χ1n) is 10.1. The van der Waals surface area contributed by atoms with Crippen molar-refractivity contribution >= 4 is 35.2 Å². The number of benzene rings is 1. The minimum Gasteiger partial charge on any atom is -0.496 e. The van der Waals surface area contributed by atoms with Crippen LogP contribution >= 0.6 is 23.2 Å². The zero-order valence-corrected chi connectivity index (χ0v) is 21.0. The van der Waals surface area contributed by atoms with Gasteiger partial charge in [0.05, 0.1) is 19.7 Å². The third-order valence-electron chi connectivity index (χ3n) is 5.28. The van der Waals surface area contributed by atoms with Crippen molar-refractivity contribution in [3.63, 3.8) is 0 Å². The van der Waals surface area contributed by atoms with E-state index in [2.05, 4.69) is 0 Å². The molecule has 1 aromatic carbocycles. The molecule has 0 radical (unpaired) electrons. The summed E-state index contributed by atoms with van der Waals surface area (Å²) in [5.41, 5.74) is 0.864. The minimum absolute atomic E-state index is 0.00347. The molecule has 0 saturated heterocycles. The van der Waals surface area contributed by atoms with Crippen molar-refractivity contribution in [2.75, 3.05) is 19.5 Å². The predicted octanol–water partition coefficient (Wildman–Crippen LogP) is 5.01. The zero-order chi connectivity index (χ0) is 24.3. The number of aliphatic hydroxyl groups is 1. The second-order valence-electron chi connectivity index (χ2n) is 8.81. The Hall–Kier alpha value is -1.70. The summed E-state index contributed by atoms with van der Waals surface area (Å²) in [5, 5.41) is 21.3. The smallest absolute Gasteiger partial charge is 0.408 e. The Balaban J connectivity index is 3.62. The van der Waals surface area contributed by atoms with Crippen LogP contribution in [-0.4, -0.2) is 63.1 Å². The van der Waals surface area contributed by atoms with Gasteiger partial charge in [0, 0.05) is 27.7 Å². The van der Waals surface area contributed by atoms with Gasteiger partial charge in [0.15, 0.2) is 0 Å². The summed E-state index contributed by atoms with van der Waals surface area (Å²) in [5.74, 6) is -0.148. The molecule has 2 amide bonds. The summed E-state index contributed by atoms with van der Waals surface area (Å²) >= 11 is 12.2. The topological polar surface area (TPSA) is 90.3 Å². The number of aliphatic hydroxyl groups excluding tert-OH is 1. The van der Waals surface area contributed by atoms with Crippen molar-refractivity contribution in [1.29, 1.82) is 0 Å². The quantitative estimate of drug-likeness (QED) is 0.514. The third-order valence-corrected chi connectivity index (χ3v) is 5.90. The molecule has 0 aliphatic rings. The number of hydrogen-bond donors (Lipinski definition) is 2. The Morgan fingerprint density at radius 1 is 1.23 bits per heavy atom. The molecule has 0 aliphatic heterocycles. The largest absolute Gasteiger partial charge is 0.496 e. The van der Waals surface area contributed by atoms with Crippen molar-refractivity contribution < 1.29 is 24.5 Å². The van der Waals surface area contributed by atoms with E-state index < -0.39 is 23.8 Å². The molecule has 31 heavy (non-hydrogen) atoms. The van der Waals surface area contributed by atoms with Gasteiger partial charge in [-0.05, 0) is 60.1 Å². The van der Waals surface area contributed by atoms with E-state index in [0.29, 0.717) is 27.5 Å². The molecule has 0 fully saturated rings. The van der Waals surface area contributed by atoms with E-state index in [1.54, 1.807) is 40.7 Å². The monoisotopic (exact) mass is 476 g/mol. The standard InChI is InChI=1S/C22H34Cl2N2O5/c1-12(2)25(18(28)10-23)11-17(27)19-13(3)16(24)9-15(20(19)31-8)14(4)26(21(29)30)22(5,6)7/h9,12,14,17,27H,10-11H2,1-8H3,(H,29,30). The summed E-state index contributed by atoms with van der Waals surface area (Å²) in [6, 6.07) is 0.887. The predicted molar refractivity (Wildman–Crippen MR) is 123 cm³/mol. The first kappa shape index (κ1) is 27.3. The van der Waals surface area contributed by atoms with Gasteiger partial charge in [-0.2, -0.15) is 0 Å². The molecule has 2 N–H and O–H groups in total. The molecule has 176 valence electrons. The molecule has 7 nitrogen and oxygen atoms in total. The number of ether oxygens (including phenoxy) is 1. The average Bonchev–Trinajstić information content (AvgIpc) is 2.64. The Bertz CT molecular complexity index is 808. The molecule has 1 aromatic rings. The summed E-state index contributed by atoms with van der Waals surface area (Å²) in [6.07, 6.45) is -2.19. The highest BCUT2D eigenvalue weighted by molar-refractivity contribution is 6.31. The SMILES string of the molecule is COc1c(C(C)N(C(=O)O)C(C)(C)C)cc(Cl)c(C)c1C(O)CN(C(=O)CCl)C(C)C. The van der Waals surface area contributed by atoms with E-state index in [0.717, 1.165) is 0 Å². The maximum absolute atomic E-state index is 12.2. The van der Waals surface area contributed by atoms with Crippen LogP contribution in [0.5, 0.6) is 5.75 Å². The number of hydrogen-bond acceptors (Lipinski definition) is 4. The van der Waals surface area contributed by atoms with Crippen molar-refractivity contribution in [3.05, 3.63) is 27.8 Å². The van der Waals surface area contributed by atoms with Crippen LogP contribution in [0, 0.1) is 6.92 Å². The van der Waals surface area contributed by atoms with E-state index in [1.807, 2.05) is 13.8 Å². The number of nitrogens with zero attached hydrogens (tertiary/aromatic N) is 2. The Labute approximate surface area is 194 Å². The lowest BCUT2D eigenvalue weighted by Crippen LogP contribution is -2.46. The second-order valence-corrected chi connectivity index (χ2v) is 9.48. The van der Waals surface area contributed by atoms with Gasteiger partial charge in [0.2, 0.25) is 5.91 Å². The summed E-state index contributed by atoms with van der Waals surface area (Å²) in [4.78, 5) is 27.0. The number of amides is 2. The van der Waals surface area contributed by atoms with E-state index >= 15 is 0 Å². The molecule has 0 spiro atoms. The highest BCUT2D eigenvalue weighted by atomic mass is 35.5. The van der Waals surface area contributed by atoms with Gasteiger partial charge >= 0.3 is 6.09 Å². The van der Waals surface area contributed by atoms with Crippen LogP contribution in [0.2, 0.25) is 5.02 Å². The number of alkyl halides is 1. The normalized spacial score (nSPS) is 13.7. The number of halogens is 2. The van der Waals surface area contributed by atoms with Gasteiger partial charge in [0.1, 0.15) is 17.7 Å². The molecule has 0 saturated carbocycles. The molecule has 0 aliphatic carbocycles. The van der Waals surface area contributed by atoms with E-state index in [4.69, 9.17) is 27.9 Å². The second kappa shape index (κ2) is 10.7. The van der Waals surface area contributed by atoms with Gasteiger partial charge in [-0.3, -0.25) is 9.69 Å². The molecule has 1 rings (SSSR count). The van der Waals surface area contributed by atoms with Crippen LogP contribution < -0.4 is 4.74 Å². The number of methoxy groups -OCH3 is 1. The molecule has 0 aromatic heterocycles. The van der Waals surface area contributed by atoms with Crippen molar-refractivity contribution in [2.24, 2.45) is 0 Å². The molecule has 0 bridgehead atoms. The van der Waals surface area contributed by atoms with Crippen molar-refractivity contribution in [2.45, 2.75) is 72.2 Å². The fourth-order valence-electron chi connectivity index (χ4n) is 3.83. The van der Waals surface area contributed by atoms with E-state index in [1.165, 1.54) is 16.9 Å². The van der Waals surface area contributed by atoms with Gasteiger partial charge in [-0.1, -0.05) is 11.6 Å².